The van der Waals surface area contributed by atoms with Gasteiger partial charge in [0.05, 0.1) is 23.9 Å². The van der Waals surface area contributed by atoms with Crippen LogP contribution in [0.5, 0.6) is 17.2 Å². The molecule has 230 valence electrons. The minimum Gasteiger partial charge on any atom is -0.507 e. The number of carbonyl (C=O) groups excluding carboxylic acids is 3. The Labute approximate surface area is 262 Å². The third-order valence-electron chi connectivity index (χ3n) is 7.05. The molecular formula is C36H28FN3O6. The van der Waals surface area contributed by atoms with Crippen LogP contribution in [0.2, 0.25) is 0 Å². The molecule has 0 aliphatic carbocycles. The predicted octanol–water partition coefficient (Wildman–Crippen LogP) is 6.84. The Hall–Kier alpha value is -6.42. The molecule has 0 unspecified atom stereocenters. The Morgan fingerprint density at radius 1 is 0.652 bits per heavy atom. The number of nitrogens with two attached hydrogens (primary N) is 1. The number of fused-ring (bicyclic) bond motifs is 2. The van der Waals surface area contributed by atoms with E-state index in [1.54, 1.807) is 18.2 Å². The number of benzene rings is 6. The molecule has 0 aliphatic heterocycles. The summed E-state index contributed by atoms with van der Waals surface area (Å²) in [5.41, 5.74) is 6.55. The van der Waals surface area contributed by atoms with Crippen LogP contribution >= 0.6 is 0 Å². The van der Waals surface area contributed by atoms with Gasteiger partial charge in [-0.3, -0.25) is 14.4 Å². The fourth-order valence-corrected chi connectivity index (χ4v) is 4.70. The van der Waals surface area contributed by atoms with E-state index in [-0.39, 0.29) is 39.7 Å². The third-order valence-corrected chi connectivity index (χ3v) is 7.05. The van der Waals surface area contributed by atoms with Gasteiger partial charge in [0, 0.05) is 11.3 Å². The molecule has 3 amide bonds. The Bertz CT molecular complexity index is 2100. The second kappa shape index (κ2) is 13.5. The lowest BCUT2D eigenvalue weighted by Gasteiger charge is -2.12. The van der Waals surface area contributed by atoms with Gasteiger partial charge < -0.3 is 31.3 Å². The van der Waals surface area contributed by atoms with E-state index in [1.165, 1.54) is 55.6 Å². The monoisotopic (exact) mass is 617 g/mol. The molecule has 6 N–H and O–H groups in total. The van der Waals surface area contributed by atoms with E-state index in [2.05, 4.69) is 10.6 Å². The average molecular weight is 618 g/mol. The first-order valence-electron chi connectivity index (χ1n) is 13.9. The van der Waals surface area contributed by atoms with Crippen molar-refractivity contribution in [3.05, 3.63) is 138 Å². The van der Waals surface area contributed by atoms with Crippen LogP contribution in [0.15, 0.2) is 115 Å². The van der Waals surface area contributed by atoms with Crippen molar-refractivity contribution in [1.29, 1.82) is 0 Å². The zero-order valence-electron chi connectivity index (χ0n) is 24.5. The lowest BCUT2D eigenvalue weighted by Crippen LogP contribution is -2.15. The number of rotatable bonds is 6. The SMILES string of the molecule is COc1ccc(C(N)=O)cc1NC(=O)c1cc2ccccc2cc1O.O=C(Nc1ccc(F)cc1)c1cc2ccccc2cc1O. The van der Waals surface area contributed by atoms with E-state index in [9.17, 15) is 29.0 Å². The zero-order valence-corrected chi connectivity index (χ0v) is 24.5. The molecule has 0 radical (unpaired) electrons. The van der Waals surface area contributed by atoms with Gasteiger partial charge in [0.1, 0.15) is 23.1 Å². The van der Waals surface area contributed by atoms with E-state index in [0.717, 1.165) is 21.5 Å². The molecule has 6 aromatic carbocycles. The number of phenols is 2. The van der Waals surface area contributed by atoms with Gasteiger partial charge in [0.25, 0.3) is 11.8 Å². The standard InChI is InChI=1S/C19H16N2O4.C17H12FNO2/c1-25-17-7-6-13(18(20)23)9-15(17)21-19(24)14-8-11-4-2-3-5-12(11)10-16(14)22;18-13-5-7-14(8-6-13)19-17(21)15-9-11-3-1-2-4-12(11)10-16(15)20/h2-10,22H,1H3,(H2,20,23)(H,21,24);1-10,20H,(H,19,21). The largest absolute Gasteiger partial charge is 0.507 e. The number of hydrogen-bond donors (Lipinski definition) is 5. The number of aromatic hydroxyl groups is 2. The second-order valence-corrected chi connectivity index (χ2v) is 10.1. The molecule has 6 rings (SSSR count). The summed E-state index contributed by atoms with van der Waals surface area (Å²) in [4.78, 5) is 36.1. The fraction of sp³-hybridized carbons (Fsp3) is 0.0278. The highest BCUT2D eigenvalue weighted by Gasteiger charge is 2.16. The maximum Gasteiger partial charge on any atom is 0.259 e. The van der Waals surface area contributed by atoms with Gasteiger partial charge in [-0.05, 0) is 88.3 Å². The zero-order chi connectivity index (χ0) is 32.8. The first kappa shape index (κ1) is 31.0. The van der Waals surface area contributed by atoms with Gasteiger partial charge in [-0.2, -0.15) is 0 Å². The van der Waals surface area contributed by atoms with Crippen molar-refractivity contribution >= 4 is 50.6 Å². The van der Waals surface area contributed by atoms with E-state index in [1.807, 2.05) is 48.5 Å². The first-order chi connectivity index (χ1) is 22.1. The maximum atomic E-state index is 12.8. The van der Waals surface area contributed by atoms with Gasteiger partial charge in [0.15, 0.2) is 0 Å². The summed E-state index contributed by atoms with van der Waals surface area (Å²) in [6.07, 6.45) is 0. The van der Waals surface area contributed by atoms with Crippen LogP contribution in [0, 0.1) is 5.82 Å². The molecule has 10 heteroatoms. The number of halogens is 1. The van der Waals surface area contributed by atoms with Crippen molar-refractivity contribution in [2.45, 2.75) is 0 Å². The van der Waals surface area contributed by atoms with Gasteiger partial charge in [0.2, 0.25) is 5.91 Å². The number of ether oxygens (including phenoxy) is 1. The Balaban J connectivity index is 0.000000184. The molecule has 0 aromatic heterocycles. The van der Waals surface area contributed by atoms with Crippen molar-refractivity contribution in [1.82, 2.24) is 0 Å². The molecule has 0 saturated carbocycles. The minimum atomic E-state index is -0.619. The van der Waals surface area contributed by atoms with Gasteiger partial charge in [-0.1, -0.05) is 48.5 Å². The van der Waals surface area contributed by atoms with Crippen LogP contribution in [-0.2, 0) is 0 Å². The van der Waals surface area contributed by atoms with Crippen LogP contribution in [0.3, 0.4) is 0 Å². The molecule has 46 heavy (non-hydrogen) atoms. The van der Waals surface area contributed by atoms with Crippen molar-refractivity contribution in [2.24, 2.45) is 5.73 Å². The lowest BCUT2D eigenvalue weighted by molar-refractivity contribution is 0.0994. The molecule has 9 nitrogen and oxygen atoms in total. The predicted molar refractivity (Wildman–Crippen MR) is 175 cm³/mol. The van der Waals surface area contributed by atoms with Crippen molar-refractivity contribution in [2.75, 3.05) is 17.7 Å². The molecule has 0 fully saturated rings. The number of anilines is 2. The normalized spacial score (nSPS) is 10.5. The van der Waals surface area contributed by atoms with E-state index < -0.39 is 17.7 Å². The van der Waals surface area contributed by atoms with Crippen molar-refractivity contribution in [3.63, 3.8) is 0 Å². The van der Waals surface area contributed by atoms with E-state index >= 15 is 0 Å². The number of primary amides is 1. The number of methoxy groups -OCH3 is 1. The Kier molecular flexibility index (Phi) is 9.09. The molecular weight excluding hydrogens is 589 g/mol. The van der Waals surface area contributed by atoms with Gasteiger partial charge in [-0.25, -0.2) is 4.39 Å². The summed E-state index contributed by atoms with van der Waals surface area (Å²) in [6.45, 7) is 0. The van der Waals surface area contributed by atoms with Crippen LogP contribution in [0.1, 0.15) is 31.1 Å². The van der Waals surface area contributed by atoms with Crippen LogP contribution < -0.4 is 21.1 Å². The van der Waals surface area contributed by atoms with Crippen LogP contribution in [0.25, 0.3) is 21.5 Å². The average Bonchev–Trinajstić information content (AvgIpc) is 3.05. The van der Waals surface area contributed by atoms with Gasteiger partial charge in [-0.15, -0.1) is 0 Å². The van der Waals surface area contributed by atoms with E-state index in [4.69, 9.17) is 10.5 Å². The smallest absolute Gasteiger partial charge is 0.259 e. The lowest BCUT2D eigenvalue weighted by atomic mass is 10.1. The number of hydrogen-bond acceptors (Lipinski definition) is 6. The first-order valence-corrected chi connectivity index (χ1v) is 13.9. The van der Waals surface area contributed by atoms with Crippen molar-refractivity contribution < 1.29 is 33.7 Å². The Morgan fingerprint density at radius 3 is 1.61 bits per heavy atom. The van der Waals surface area contributed by atoms with Crippen LogP contribution in [0.4, 0.5) is 15.8 Å². The number of nitrogens with one attached hydrogen (secondary N) is 2. The third kappa shape index (κ3) is 7.03. The highest BCUT2D eigenvalue weighted by Crippen LogP contribution is 2.30. The minimum absolute atomic E-state index is 0.0895. The van der Waals surface area contributed by atoms with E-state index in [0.29, 0.717) is 11.4 Å². The van der Waals surface area contributed by atoms with Crippen molar-refractivity contribution in [3.8, 4) is 17.2 Å². The van der Waals surface area contributed by atoms with Gasteiger partial charge >= 0.3 is 0 Å². The highest BCUT2D eigenvalue weighted by atomic mass is 19.1. The number of phenolic OH excluding ortho intramolecular Hbond substituents is 2. The Morgan fingerprint density at radius 2 is 1.13 bits per heavy atom. The summed E-state index contributed by atoms with van der Waals surface area (Å²) < 4.78 is 18.0. The molecule has 0 atom stereocenters. The maximum absolute atomic E-state index is 12.8. The number of amides is 3. The molecule has 0 aliphatic rings. The summed E-state index contributed by atoms with van der Waals surface area (Å²) in [5.74, 6) is -1.81. The van der Waals surface area contributed by atoms with Crippen LogP contribution in [-0.4, -0.2) is 35.0 Å². The summed E-state index contributed by atoms with van der Waals surface area (Å²) in [5, 5.41) is 28.8. The summed E-state index contributed by atoms with van der Waals surface area (Å²) in [7, 11) is 1.45. The highest BCUT2D eigenvalue weighted by molar-refractivity contribution is 6.10. The second-order valence-electron chi connectivity index (χ2n) is 10.1. The summed E-state index contributed by atoms with van der Waals surface area (Å²) in [6, 6.07) is 31.1. The number of carbonyl (C=O) groups is 3. The molecule has 0 heterocycles. The topological polar surface area (TPSA) is 151 Å². The molecule has 0 bridgehead atoms. The summed E-state index contributed by atoms with van der Waals surface area (Å²) >= 11 is 0. The molecule has 0 saturated heterocycles. The fourth-order valence-electron chi connectivity index (χ4n) is 4.70. The molecule has 6 aromatic rings. The molecule has 0 spiro atoms. The quantitative estimate of drug-likeness (QED) is 0.138.